The molecule has 0 saturated carbocycles. The van der Waals surface area contributed by atoms with Crippen LogP contribution in [0.15, 0.2) is 27.4 Å². The van der Waals surface area contributed by atoms with Gasteiger partial charge in [0.05, 0.1) is 0 Å². The molecule has 1 saturated heterocycles. The van der Waals surface area contributed by atoms with Crippen LogP contribution in [0.1, 0.15) is 30.9 Å². The lowest BCUT2D eigenvalue weighted by Crippen LogP contribution is -2.45. The quantitative estimate of drug-likeness (QED) is 0.727. The number of aryl methyl sites for hydroxylation is 2. The first-order valence-corrected chi connectivity index (χ1v) is 9.08. The van der Waals surface area contributed by atoms with Gasteiger partial charge in [-0.25, -0.2) is 4.79 Å². The van der Waals surface area contributed by atoms with Gasteiger partial charge in [0.15, 0.2) is 6.61 Å². The molecule has 0 bridgehead atoms. The van der Waals surface area contributed by atoms with Crippen molar-refractivity contribution >= 4 is 22.8 Å². The number of carboxylic acid groups (broad SMARTS) is 1. The highest BCUT2D eigenvalue weighted by atomic mass is 16.5. The molecule has 3 rings (SSSR count). The molecule has 0 unspecified atom stereocenters. The first-order chi connectivity index (χ1) is 12.9. The van der Waals surface area contributed by atoms with Crippen molar-refractivity contribution in [3.63, 3.8) is 0 Å². The van der Waals surface area contributed by atoms with Crippen molar-refractivity contribution in [1.29, 1.82) is 0 Å². The van der Waals surface area contributed by atoms with Gasteiger partial charge in [0.25, 0.3) is 5.91 Å². The summed E-state index contributed by atoms with van der Waals surface area (Å²) in [5.74, 6) is -1.27. The van der Waals surface area contributed by atoms with Gasteiger partial charge in [-0.15, -0.1) is 0 Å². The van der Waals surface area contributed by atoms with Crippen molar-refractivity contribution in [3.8, 4) is 5.75 Å². The van der Waals surface area contributed by atoms with Gasteiger partial charge in [-0.05, 0) is 43.9 Å². The smallest absolute Gasteiger partial charge is 0.336 e. The van der Waals surface area contributed by atoms with E-state index in [0.717, 1.165) is 10.9 Å². The molecule has 1 aliphatic rings. The Morgan fingerprint density at radius 2 is 2.00 bits per heavy atom. The predicted molar refractivity (Wildman–Crippen MR) is 96.4 cm³/mol. The van der Waals surface area contributed by atoms with E-state index in [9.17, 15) is 19.5 Å². The molecule has 0 spiro atoms. The molecule has 7 nitrogen and oxygen atoms in total. The number of piperidine rings is 1. The summed E-state index contributed by atoms with van der Waals surface area (Å²) in [5.41, 5.74) is 1.64. The fourth-order valence-corrected chi connectivity index (χ4v) is 3.45. The highest BCUT2D eigenvalue weighted by Crippen LogP contribution is 2.28. The van der Waals surface area contributed by atoms with E-state index in [4.69, 9.17) is 9.15 Å². The predicted octanol–water partition coefficient (Wildman–Crippen LogP) is 1.03. The van der Waals surface area contributed by atoms with E-state index < -0.39 is 17.5 Å². The van der Waals surface area contributed by atoms with Crippen molar-refractivity contribution in [2.75, 3.05) is 19.7 Å². The summed E-state index contributed by atoms with van der Waals surface area (Å²) in [5, 5.41) is 11.7. The molecule has 1 amide bonds. The van der Waals surface area contributed by atoms with Gasteiger partial charge in [-0.3, -0.25) is 4.79 Å². The molecular formula is C20H22NO6-. The number of benzene rings is 1. The zero-order chi connectivity index (χ0) is 19.6. The molecular weight excluding hydrogens is 350 g/mol. The van der Waals surface area contributed by atoms with Gasteiger partial charge in [-0.1, -0.05) is 6.92 Å². The Morgan fingerprint density at radius 3 is 2.63 bits per heavy atom. The number of rotatable bonds is 5. The van der Waals surface area contributed by atoms with Crippen LogP contribution in [-0.2, 0) is 16.0 Å². The van der Waals surface area contributed by atoms with E-state index in [1.54, 1.807) is 17.9 Å². The molecule has 1 aromatic heterocycles. The minimum atomic E-state index is -1.06. The lowest BCUT2D eigenvalue weighted by molar-refractivity contribution is -0.312. The van der Waals surface area contributed by atoms with Crippen LogP contribution in [-0.4, -0.2) is 36.5 Å². The van der Waals surface area contributed by atoms with Crippen LogP contribution in [0.5, 0.6) is 5.75 Å². The summed E-state index contributed by atoms with van der Waals surface area (Å²) >= 11 is 0. The zero-order valence-corrected chi connectivity index (χ0v) is 15.4. The van der Waals surface area contributed by atoms with E-state index in [-0.39, 0.29) is 12.5 Å². The summed E-state index contributed by atoms with van der Waals surface area (Å²) in [6.45, 7) is 4.37. The number of nitrogens with zero attached hydrogens (tertiary/aromatic N) is 1. The highest BCUT2D eigenvalue weighted by Gasteiger charge is 2.24. The van der Waals surface area contributed by atoms with Gasteiger partial charge in [0.1, 0.15) is 11.3 Å². The fraction of sp³-hybridized carbons (Fsp3) is 0.450. The molecule has 1 aromatic carbocycles. The van der Waals surface area contributed by atoms with Crippen LogP contribution in [0.2, 0.25) is 0 Å². The second-order valence-corrected chi connectivity index (χ2v) is 6.77. The Balaban J connectivity index is 1.70. The molecule has 0 N–H and O–H groups in total. The number of aliphatic carboxylic acids is 1. The topological polar surface area (TPSA) is 99.9 Å². The Kier molecular flexibility index (Phi) is 5.48. The Bertz CT molecular complexity index is 924. The van der Waals surface area contributed by atoms with E-state index >= 15 is 0 Å². The lowest BCUT2D eigenvalue weighted by Gasteiger charge is -2.32. The fourth-order valence-electron chi connectivity index (χ4n) is 3.45. The number of hydrogen-bond acceptors (Lipinski definition) is 6. The van der Waals surface area contributed by atoms with Gasteiger partial charge in [0.2, 0.25) is 0 Å². The third-order valence-electron chi connectivity index (χ3n) is 5.11. The van der Waals surface area contributed by atoms with E-state index in [1.807, 2.05) is 13.0 Å². The van der Waals surface area contributed by atoms with Gasteiger partial charge in [-0.2, -0.15) is 0 Å². The monoisotopic (exact) mass is 372 g/mol. The molecule has 0 aliphatic carbocycles. The number of carbonyl (C=O) groups is 2. The Morgan fingerprint density at radius 1 is 1.30 bits per heavy atom. The average molecular weight is 372 g/mol. The average Bonchev–Trinajstić information content (AvgIpc) is 2.67. The van der Waals surface area contributed by atoms with Crippen molar-refractivity contribution < 1.29 is 23.8 Å². The summed E-state index contributed by atoms with van der Waals surface area (Å²) in [7, 11) is 0. The maximum atomic E-state index is 12.3. The van der Waals surface area contributed by atoms with Crippen molar-refractivity contribution in [3.05, 3.63) is 39.7 Å². The third-order valence-corrected chi connectivity index (χ3v) is 5.11. The first kappa shape index (κ1) is 18.9. The molecule has 7 heteroatoms. The summed E-state index contributed by atoms with van der Waals surface area (Å²) < 4.78 is 11.0. The zero-order valence-electron chi connectivity index (χ0n) is 15.4. The largest absolute Gasteiger partial charge is 0.550 e. The molecule has 144 valence electrons. The second-order valence-electron chi connectivity index (χ2n) is 6.77. The third kappa shape index (κ3) is 3.97. The van der Waals surface area contributed by atoms with Crippen LogP contribution in [0.3, 0.4) is 0 Å². The Hall–Kier alpha value is -2.83. The Labute approximate surface area is 156 Å². The number of carbonyl (C=O) groups excluding carboxylic acids is 2. The van der Waals surface area contributed by atoms with Crippen LogP contribution in [0, 0.1) is 12.8 Å². The maximum absolute atomic E-state index is 12.3. The normalized spacial score (nSPS) is 15.1. The van der Waals surface area contributed by atoms with Gasteiger partial charge >= 0.3 is 5.63 Å². The number of likely N-dealkylation sites (tertiary alicyclic amines) is 1. The molecule has 27 heavy (non-hydrogen) atoms. The first-order valence-electron chi connectivity index (χ1n) is 9.08. The SMILES string of the molecule is CCc1cc(=O)oc2c(C)c(OCC(=O)N3CCC(C(=O)[O-])CC3)ccc12. The molecule has 1 aliphatic heterocycles. The van der Waals surface area contributed by atoms with Gasteiger partial charge < -0.3 is 24.0 Å². The molecule has 2 heterocycles. The maximum Gasteiger partial charge on any atom is 0.336 e. The van der Waals surface area contributed by atoms with Crippen LogP contribution >= 0.6 is 0 Å². The summed E-state index contributed by atoms with van der Waals surface area (Å²) in [4.78, 5) is 36.6. The second kappa shape index (κ2) is 7.82. The summed E-state index contributed by atoms with van der Waals surface area (Å²) in [6.07, 6.45) is 1.50. The lowest BCUT2D eigenvalue weighted by atomic mass is 9.97. The highest BCUT2D eigenvalue weighted by molar-refractivity contribution is 5.85. The molecule has 0 atom stereocenters. The number of hydrogen-bond donors (Lipinski definition) is 0. The molecule has 1 fully saturated rings. The van der Waals surface area contributed by atoms with Gasteiger partial charge in [0, 0.05) is 42.0 Å². The number of carboxylic acids is 1. The van der Waals surface area contributed by atoms with Crippen molar-refractivity contribution in [2.24, 2.45) is 5.92 Å². The molecule has 2 aromatic rings. The van der Waals surface area contributed by atoms with Crippen molar-refractivity contribution in [1.82, 2.24) is 4.90 Å². The standard InChI is InChI=1S/C20H23NO6/c1-3-13-10-18(23)27-19-12(2)16(5-4-15(13)19)26-11-17(22)21-8-6-14(7-9-21)20(24)25/h4-5,10,14H,3,6-9,11H2,1-2H3,(H,24,25)/p-1. The van der Waals surface area contributed by atoms with E-state index in [2.05, 4.69) is 0 Å². The molecule has 0 radical (unpaired) electrons. The minimum Gasteiger partial charge on any atom is -0.550 e. The van der Waals surface area contributed by atoms with E-state index in [1.165, 1.54) is 6.07 Å². The van der Waals surface area contributed by atoms with E-state index in [0.29, 0.717) is 49.2 Å². The van der Waals surface area contributed by atoms with Crippen LogP contribution < -0.4 is 15.5 Å². The number of amides is 1. The number of fused-ring (bicyclic) bond motifs is 1. The van der Waals surface area contributed by atoms with Crippen LogP contribution in [0.25, 0.3) is 11.0 Å². The van der Waals surface area contributed by atoms with Crippen LogP contribution in [0.4, 0.5) is 0 Å². The van der Waals surface area contributed by atoms with Crippen molar-refractivity contribution in [2.45, 2.75) is 33.1 Å². The number of ether oxygens (including phenoxy) is 1. The minimum absolute atomic E-state index is 0.153. The summed E-state index contributed by atoms with van der Waals surface area (Å²) in [6, 6.07) is 5.09.